The number of nitrogens with zero attached hydrogens (tertiary/aromatic N) is 2. The summed E-state index contributed by atoms with van der Waals surface area (Å²) in [5.41, 5.74) is 1.11. The van der Waals surface area contributed by atoms with E-state index in [4.69, 9.17) is 9.15 Å². The van der Waals surface area contributed by atoms with E-state index in [1.54, 1.807) is 6.26 Å². The van der Waals surface area contributed by atoms with Gasteiger partial charge in [-0.25, -0.2) is 4.79 Å². The van der Waals surface area contributed by atoms with Crippen LogP contribution in [0.3, 0.4) is 0 Å². The Balaban J connectivity index is 1.11. The zero-order valence-corrected chi connectivity index (χ0v) is 17.7. The van der Waals surface area contributed by atoms with Crippen LogP contribution in [0, 0.1) is 0 Å². The number of amides is 3. The second-order valence-corrected chi connectivity index (χ2v) is 8.10. The maximum atomic E-state index is 12.4. The van der Waals surface area contributed by atoms with Gasteiger partial charge in [0.05, 0.1) is 12.8 Å². The van der Waals surface area contributed by atoms with Crippen LogP contribution in [-0.2, 0) is 17.8 Å². The van der Waals surface area contributed by atoms with Crippen molar-refractivity contribution in [1.29, 1.82) is 0 Å². The molecule has 0 radical (unpaired) electrons. The van der Waals surface area contributed by atoms with E-state index < -0.39 is 0 Å². The van der Waals surface area contributed by atoms with Gasteiger partial charge in [-0.3, -0.25) is 9.69 Å². The predicted molar refractivity (Wildman–Crippen MR) is 116 cm³/mol. The summed E-state index contributed by atoms with van der Waals surface area (Å²) in [5.74, 6) is 1.55. The SMILES string of the molecule is O=C(COc1ccc(CCNC(=O)N2CCN(Cc3ccco3)CC2)cc1)NC1CC1. The summed E-state index contributed by atoms with van der Waals surface area (Å²) < 4.78 is 10.9. The highest BCUT2D eigenvalue weighted by atomic mass is 16.5. The van der Waals surface area contributed by atoms with E-state index in [1.165, 1.54) is 0 Å². The molecule has 0 bridgehead atoms. The molecule has 2 heterocycles. The summed E-state index contributed by atoms with van der Waals surface area (Å²) in [6.45, 7) is 4.52. The minimum atomic E-state index is -0.0731. The molecule has 4 rings (SSSR count). The molecule has 0 spiro atoms. The molecular weight excluding hydrogens is 396 g/mol. The maximum Gasteiger partial charge on any atom is 0.317 e. The number of carbonyl (C=O) groups excluding carboxylic acids is 2. The second-order valence-electron chi connectivity index (χ2n) is 8.10. The number of urea groups is 1. The van der Waals surface area contributed by atoms with E-state index >= 15 is 0 Å². The van der Waals surface area contributed by atoms with Crippen LogP contribution >= 0.6 is 0 Å². The Labute approximate surface area is 182 Å². The largest absolute Gasteiger partial charge is 0.484 e. The van der Waals surface area contributed by atoms with Crippen LogP contribution in [0.5, 0.6) is 5.75 Å². The number of hydrogen-bond acceptors (Lipinski definition) is 5. The van der Waals surface area contributed by atoms with Crippen LogP contribution in [0.25, 0.3) is 0 Å². The molecule has 2 aliphatic rings. The molecule has 1 aromatic carbocycles. The summed E-state index contributed by atoms with van der Waals surface area (Å²) in [7, 11) is 0. The molecule has 1 aliphatic heterocycles. The van der Waals surface area contributed by atoms with E-state index in [2.05, 4.69) is 15.5 Å². The van der Waals surface area contributed by atoms with Crippen LogP contribution in [0.15, 0.2) is 47.1 Å². The van der Waals surface area contributed by atoms with E-state index in [-0.39, 0.29) is 18.5 Å². The summed E-state index contributed by atoms with van der Waals surface area (Å²) in [6, 6.07) is 11.9. The van der Waals surface area contributed by atoms with Gasteiger partial charge in [0, 0.05) is 38.8 Å². The fourth-order valence-electron chi connectivity index (χ4n) is 3.56. The van der Waals surface area contributed by atoms with Crippen molar-refractivity contribution in [1.82, 2.24) is 20.4 Å². The molecule has 3 amide bonds. The van der Waals surface area contributed by atoms with Gasteiger partial charge in [-0.2, -0.15) is 0 Å². The first-order valence-corrected chi connectivity index (χ1v) is 10.9. The summed E-state index contributed by atoms with van der Waals surface area (Å²) in [5, 5.41) is 5.90. The highest BCUT2D eigenvalue weighted by Crippen LogP contribution is 2.18. The number of benzene rings is 1. The third-order valence-electron chi connectivity index (χ3n) is 5.54. The van der Waals surface area contributed by atoms with Crippen molar-refractivity contribution < 1.29 is 18.7 Å². The average Bonchev–Trinajstić information content (AvgIpc) is 3.45. The lowest BCUT2D eigenvalue weighted by atomic mass is 10.1. The van der Waals surface area contributed by atoms with E-state index in [0.717, 1.165) is 50.2 Å². The number of piperazine rings is 1. The molecule has 2 aromatic rings. The van der Waals surface area contributed by atoms with E-state index in [1.807, 2.05) is 41.3 Å². The Kier molecular flexibility index (Phi) is 7.09. The topological polar surface area (TPSA) is 87.1 Å². The third kappa shape index (κ3) is 6.75. The number of nitrogens with one attached hydrogen (secondary N) is 2. The molecular formula is C23H30N4O4. The zero-order chi connectivity index (χ0) is 21.5. The zero-order valence-electron chi connectivity index (χ0n) is 17.7. The van der Waals surface area contributed by atoms with Crippen molar-refractivity contribution in [3.8, 4) is 5.75 Å². The Morgan fingerprint density at radius 1 is 1.06 bits per heavy atom. The van der Waals surface area contributed by atoms with Gasteiger partial charge in [0.1, 0.15) is 11.5 Å². The smallest absolute Gasteiger partial charge is 0.317 e. The molecule has 1 aromatic heterocycles. The first kappa shape index (κ1) is 21.2. The van der Waals surface area contributed by atoms with Crippen molar-refractivity contribution in [2.45, 2.75) is 31.8 Å². The van der Waals surface area contributed by atoms with Crippen molar-refractivity contribution in [2.75, 3.05) is 39.3 Å². The Bertz CT molecular complexity index is 841. The highest BCUT2D eigenvalue weighted by Gasteiger charge is 2.23. The van der Waals surface area contributed by atoms with Gasteiger partial charge in [-0.05, 0) is 49.1 Å². The summed E-state index contributed by atoms with van der Waals surface area (Å²) in [6.07, 6.45) is 4.57. The summed E-state index contributed by atoms with van der Waals surface area (Å²) in [4.78, 5) is 28.2. The van der Waals surface area contributed by atoms with E-state index in [9.17, 15) is 9.59 Å². The average molecular weight is 427 g/mol. The number of furan rings is 1. The molecule has 1 saturated heterocycles. The Hall–Kier alpha value is -3.00. The second kappa shape index (κ2) is 10.3. The number of hydrogen-bond donors (Lipinski definition) is 2. The van der Waals surface area contributed by atoms with Gasteiger partial charge in [0.2, 0.25) is 0 Å². The minimum Gasteiger partial charge on any atom is -0.484 e. The first-order valence-electron chi connectivity index (χ1n) is 10.9. The van der Waals surface area contributed by atoms with Gasteiger partial charge < -0.3 is 24.7 Å². The predicted octanol–water partition coefficient (Wildman–Crippen LogP) is 2.01. The van der Waals surface area contributed by atoms with Crippen molar-refractivity contribution in [2.24, 2.45) is 0 Å². The lowest BCUT2D eigenvalue weighted by Crippen LogP contribution is -2.51. The molecule has 8 heteroatoms. The lowest BCUT2D eigenvalue weighted by Gasteiger charge is -2.34. The first-order chi connectivity index (χ1) is 15.2. The van der Waals surface area contributed by atoms with Gasteiger partial charge in [0.15, 0.2) is 6.61 Å². The Morgan fingerprint density at radius 2 is 1.84 bits per heavy atom. The third-order valence-corrected chi connectivity index (χ3v) is 5.54. The fraction of sp³-hybridized carbons (Fsp3) is 0.478. The number of rotatable bonds is 9. The van der Waals surface area contributed by atoms with Gasteiger partial charge in [0.25, 0.3) is 5.91 Å². The van der Waals surface area contributed by atoms with Crippen LogP contribution in [-0.4, -0.2) is 67.1 Å². The van der Waals surface area contributed by atoms with Crippen LogP contribution in [0.1, 0.15) is 24.2 Å². The van der Waals surface area contributed by atoms with Crippen LogP contribution in [0.4, 0.5) is 4.79 Å². The molecule has 0 unspecified atom stereocenters. The lowest BCUT2D eigenvalue weighted by molar-refractivity contribution is -0.123. The monoisotopic (exact) mass is 426 g/mol. The molecule has 8 nitrogen and oxygen atoms in total. The molecule has 2 fully saturated rings. The highest BCUT2D eigenvalue weighted by molar-refractivity contribution is 5.78. The maximum absolute atomic E-state index is 12.4. The fourth-order valence-corrected chi connectivity index (χ4v) is 3.56. The van der Waals surface area contributed by atoms with Gasteiger partial charge in [-0.15, -0.1) is 0 Å². The van der Waals surface area contributed by atoms with Crippen LogP contribution in [0.2, 0.25) is 0 Å². The van der Waals surface area contributed by atoms with Gasteiger partial charge in [-0.1, -0.05) is 12.1 Å². The standard InChI is InChI=1S/C23H30N4O4/c28-22(25-19-5-6-19)17-31-20-7-3-18(4-8-20)9-10-24-23(29)27-13-11-26(12-14-27)16-21-2-1-15-30-21/h1-4,7-8,15,19H,5-6,9-14,16-17H2,(H,24,29)(H,25,28). The molecule has 2 N–H and O–H groups in total. The Morgan fingerprint density at radius 3 is 2.52 bits per heavy atom. The number of ether oxygens (including phenoxy) is 1. The molecule has 166 valence electrons. The van der Waals surface area contributed by atoms with Crippen molar-refractivity contribution in [3.63, 3.8) is 0 Å². The van der Waals surface area contributed by atoms with E-state index in [0.29, 0.717) is 31.4 Å². The summed E-state index contributed by atoms with van der Waals surface area (Å²) >= 11 is 0. The normalized spacial score (nSPS) is 16.7. The quantitative estimate of drug-likeness (QED) is 0.641. The van der Waals surface area contributed by atoms with Crippen molar-refractivity contribution >= 4 is 11.9 Å². The van der Waals surface area contributed by atoms with Crippen LogP contribution < -0.4 is 15.4 Å². The number of carbonyl (C=O) groups is 2. The molecule has 31 heavy (non-hydrogen) atoms. The van der Waals surface area contributed by atoms with Crippen molar-refractivity contribution in [3.05, 3.63) is 54.0 Å². The molecule has 0 atom stereocenters. The van der Waals surface area contributed by atoms with Gasteiger partial charge >= 0.3 is 6.03 Å². The molecule has 1 saturated carbocycles. The molecule has 1 aliphatic carbocycles. The minimum absolute atomic E-state index is 0.0146.